The van der Waals surface area contributed by atoms with E-state index in [1.54, 1.807) is 60.8 Å². The van der Waals surface area contributed by atoms with Gasteiger partial charge >= 0.3 is 11.9 Å². The maximum atomic E-state index is 12.4. The molecule has 0 unspecified atom stereocenters. The molecule has 0 amide bonds. The fourth-order valence-corrected chi connectivity index (χ4v) is 2.63. The SMILES string of the molecule is COc1cccc(C(=O)Oc2ccc(/C=N/Nc3ccc(C(=O)O)cc3)cc2OC)c1. The minimum absolute atomic E-state index is 0.193. The van der Waals surface area contributed by atoms with Crippen LogP contribution in [0, 0.1) is 0 Å². The van der Waals surface area contributed by atoms with Crippen LogP contribution in [0.5, 0.6) is 17.2 Å². The molecular weight excluding hydrogens is 400 g/mol. The second-order valence-corrected chi connectivity index (χ2v) is 6.28. The molecule has 0 radical (unpaired) electrons. The monoisotopic (exact) mass is 420 g/mol. The van der Waals surface area contributed by atoms with E-state index < -0.39 is 11.9 Å². The van der Waals surface area contributed by atoms with Gasteiger partial charge < -0.3 is 19.3 Å². The third kappa shape index (κ3) is 5.60. The van der Waals surface area contributed by atoms with E-state index in [9.17, 15) is 9.59 Å². The number of methoxy groups -OCH3 is 2. The number of hydrazone groups is 1. The third-order valence-corrected chi connectivity index (χ3v) is 4.23. The van der Waals surface area contributed by atoms with Crippen LogP contribution in [0.15, 0.2) is 71.8 Å². The second kappa shape index (κ2) is 9.93. The Morgan fingerprint density at radius 1 is 0.903 bits per heavy atom. The van der Waals surface area contributed by atoms with Gasteiger partial charge in [-0.1, -0.05) is 6.07 Å². The Morgan fingerprint density at radius 2 is 1.68 bits per heavy atom. The van der Waals surface area contributed by atoms with E-state index in [2.05, 4.69) is 10.5 Å². The summed E-state index contributed by atoms with van der Waals surface area (Å²) < 4.78 is 15.9. The predicted molar refractivity (Wildman–Crippen MR) is 116 cm³/mol. The van der Waals surface area contributed by atoms with Crippen LogP contribution >= 0.6 is 0 Å². The number of esters is 1. The molecule has 158 valence electrons. The lowest BCUT2D eigenvalue weighted by Gasteiger charge is -2.10. The highest BCUT2D eigenvalue weighted by Gasteiger charge is 2.13. The normalized spacial score (nSPS) is 10.5. The zero-order chi connectivity index (χ0) is 22.2. The van der Waals surface area contributed by atoms with Crippen LogP contribution in [0.2, 0.25) is 0 Å². The number of carboxylic acids is 1. The van der Waals surface area contributed by atoms with Crippen molar-refractivity contribution in [1.29, 1.82) is 0 Å². The van der Waals surface area contributed by atoms with Gasteiger partial charge in [-0.05, 0) is 66.2 Å². The predicted octanol–water partition coefficient (Wildman–Crippen LogP) is 4.07. The van der Waals surface area contributed by atoms with Crippen LogP contribution in [0.3, 0.4) is 0 Å². The maximum Gasteiger partial charge on any atom is 0.343 e. The smallest absolute Gasteiger partial charge is 0.343 e. The highest BCUT2D eigenvalue weighted by Crippen LogP contribution is 2.28. The van der Waals surface area contributed by atoms with Crippen molar-refractivity contribution in [1.82, 2.24) is 0 Å². The number of rotatable bonds is 8. The Balaban J connectivity index is 1.68. The summed E-state index contributed by atoms with van der Waals surface area (Å²) in [6.07, 6.45) is 1.56. The standard InChI is InChI=1S/C23H20N2O6/c1-29-19-5-3-4-17(13-19)23(28)31-20-11-6-15(12-21(20)30-2)14-24-25-18-9-7-16(8-10-18)22(26)27/h3-14,25H,1-2H3,(H,26,27)/b24-14+. The summed E-state index contributed by atoms with van der Waals surface area (Å²) in [6, 6.07) is 17.8. The van der Waals surface area contributed by atoms with E-state index in [1.807, 2.05) is 0 Å². The molecule has 8 nitrogen and oxygen atoms in total. The molecule has 8 heteroatoms. The molecule has 3 aromatic rings. The Kier molecular flexibility index (Phi) is 6.85. The summed E-state index contributed by atoms with van der Waals surface area (Å²) in [4.78, 5) is 23.3. The Morgan fingerprint density at radius 3 is 2.35 bits per heavy atom. The lowest BCUT2D eigenvalue weighted by Crippen LogP contribution is -2.09. The highest BCUT2D eigenvalue weighted by molar-refractivity contribution is 5.92. The summed E-state index contributed by atoms with van der Waals surface area (Å²) in [5.74, 6) is -0.340. The zero-order valence-corrected chi connectivity index (χ0v) is 16.9. The molecule has 0 aliphatic rings. The number of carbonyl (C=O) groups is 2. The number of aromatic carboxylic acids is 1. The number of nitrogens with one attached hydrogen (secondary N) is 1. The Hall–Kier alpha value is -4.33. The molecule has 3 rings (SSSR count). The summed E-state index contributed by atoms with van der Waals surface area (Å²) in [5, 5.41) is 13.0. The number of nitrogens with zero attached hydrogens (tertiary/aromatic N) is 1. The van der Waals surface area contributed by atoms with Gasteiger partial charge in [-0.2, -0.15) is 5.10 Å². The van der Waals surface area contributed by atoms with Gasteiger partial charge in [0.15, 0.2) is 11.5 Å². The van der Waals surface area contributed by atoms with Crippen molar-refractivity contribution >= 4 is 23.8 Å². The van der Waals surface area contributed by atoms with Gasteiger partial charge in [0.05, 0.1) is 37.2 Å². The van der Waals surface area contributed by atoms with Crippen LogP contribution in [0.4, 0.5) is 5.69 Å². The van der Waals surface area contributed by atoms with Crippen LogP contribution in [0.25, 0.3) is 0 Å². The third-order valence-electron chi connectivity index (χ3n) is 4.23. The van der Waals surface area contributed by atoms with Gasteiger partial charge in [0.25, 0.3) is 0 Å². The quantitative estimate of drug-likeness (QED) is 0.245. The lowest BCUT2D eigenvalue weighted by atomic mass is 10.2. The summed E-state index contributed by atoms with van der Waals surface area (Å²) in [6.45, 7) is 0. The van der Waals surface area contributed by atoms with Crippen molar-refractivity contribution in [2.24, 2.45) is 5.10 Å². The van der Waals surface area contributed by atoms with E-state index in [0.717, 1.165) is 0 Å². The first-order chi connectivity index (χ1) is 15.0. The highest BCUT2D eigenvalue weighted by atomic mass is 16.6. The van der Waals surface area contributed by atoms with Crippen LogP contribution in [0.1, 0.15) is 26.3 Å². The van der Waals surface area contributed by atoms with Crippen LogP contribution in [-0.2, 0) is 0 Å². The first-order valence-corrected chi connectivity index (χ1v) is 9.17. The van der Waals surface area contributed by atoms with Gasteiger partial charge in [0.2, 0.25) is 0 Å². The van der Waals surface area contributed by atoms with Crippen molar-refractivity contribution in [3.63, 3.8) is 0 Å². The number of hydrogen-bond acceptors (Lipinski definition) is 7. The number of carboxylic acid groups (broad SMARTS) is 1. The molecule has 0 saturated heterocycles. The number of carbonyl (C=O) groups excluding carboxylic acids is 1. The fraction of sp³-hybridized carbons (Fsp3) is 0.0870. The van der Waals surface area contributed by atoms with Crippen LogP contribution < -0.4 is 19.6 Å². The topological polar surface area (TPSA) is 106 Å². The molecule has 0 atom stereocenters. The van der Waals surface area contributed by atoms with E-state index >= 15 is 0 Å². The molecular formula is C23H20N2O6. The second-order valence-electron chi connectivity index (χ2n) is 6.28. The molecule has 0 aromatic heterocycles. The van der Waals surface area contributed by atoms with Crippen molar-refractivity contribution in [3.8, 4) is 17.2 Å². The lowest BCUT2D eigenvalue weighted by molar-refractivity contribution is 0.0694. The molecule has 31 heavy (non-hydrogen) atoms. The number of hydrogen-bond donors (Lipinski definition) is 2. The van der Waals surface area contributed by atoms with Gasteiger partial charge in [0, 0.05) is 0 Å². The molecule has 0 bridgehead atoms. The first-order valence-electron chi connectivity index (χ1n) is 9.17. The van der Waals surface area contributed by atoms with Gasteiger partial charge in [-0.25, -0.2) is 9.59 Å². The Bertz CT molecular complexity index is 1110. The van der Waals surface area contributed by atoms with E-state index in [0.29, 0.717) is 28.3 Å². The fourth-order valence-electron chi connectivity index (χ4n) is 2.63. The van der Waals surface area contributed by atoms with Crippen molar-refractivity contribution < 1.29 is 28.9 Å². The summed E-state index contributed by atoms with van der Waals surface area (Å²) in [5.41, 5.74) is 4.70. The van der Waals surface area contributed by atoms with Gasteiger partial charge in [-0.15, -0.1) is 0 Å². The largest absolute Gasteiger partial charge is 0.497 e. The van der Waals surface area contributed by atoms with Crippen molar-refractivity contribution in [2.45, 2.75) is 0 Å². The van der Waals surface area contributed by atoms with Gasteiger partial charge in [0.1, 0.15) is 5.75 Å². The van der Waals surface area contributed by atoms with E-state index in [-0.39, 0.29) is 11.3 Å². The first kappa shape index (κ1) is 21.4. The molecule has 0 fully saturated rings. The molecule has 0 aliphatic heterocycles. The van der Waals surface area contributed by atoms with E-state index in [4.69, 9.17) is 19.3 Å². The van der Waals surface area contributed by atoms with Crippen molar-refractivity contribution in [3.05, 3.63) is 83.4 Å². The Labute approximate surface area is 178 Å². The van der Waals surface area contributed by atoms with Crippen molar-refractivity contribution in [2.75, 3.05) is 19.6 Å². The van der Waals surface area contributed by atoms with Gasteiger partial charge in [-0.3, -0.25) is 5.43 Å². The molecule has 0 spiro atoms. The molecule has 2 N–H and O–H groups in total. The molecule has 0 heterocycles. The number of benzene rings is 3. The zero-order valence-electron chi connectivity index (χ0n) is 16.9. The molecule has 3 aromatic carbocycles. The minimum atomic E-state index is -0.991. The summed E-state index contributed by atoms with van der Waals surface area (Å²) >= 11 is 0. The number of ether oxygens (including phenoxy) is 3. The minimum Gasteiger partial charge on any atom is -0.497 e. The van der Waals surface area contributed by atoms with Crippen LogP contribution in [-0.4, -0.2) is 37.5 Å². The molecule has 0 saturated carbocycles. The summed E-state index contributed by atoms with van der Waals surface area (Å²) in [7, 11) is 3.00. The average molecular weight is 420 g/mol. The van der Waals surface area contributed by atoms with E-state index in [1.165, 1.54) is 26.4 Å². The number of anilines is 1. The maximum absolute atomic E-state index is 12.4. The average Bonchev–Trinajstić information content (AvgIpc) is 2.80. The molecule has 0 aliphatic carbocycles.